The smallest absolute Gasteiger partial charge is 0.0609 e. The van der Waals surface area contributed by atoms with Crippen LogP contribution in [0.1, 0.15) is 34.1 Å². The summed E-state index contributed by atoms with van der Waals surface area (Å²) in [5, 5.41) is 12.9. The van der Waals surface area contributed by atoms with Crippen LogP contribution in [0.5, 0.6) is 0 Å². The van der Waals surface area contributed by atoms with Gasteiger partial charge in [0.1, 0.15) is 0 Å². The normalized spacial score (nSPS) is 14.7. The van der Waals surface area contributed by atoms with Crippen LogP contribution < -0.4 is 5.09 Å². The molecule has 0 aliphatic rings. The Morgan fingerprint density at radius 3 is 2.00 bits per heavy atom. The lowest BCUT2D eigenvalue weighted by atomic mass is 9.91. The zero-order chi connectivity index (χ0) is 9.12. The lowest BCUT2D eigenvalue weighted by Crippen LogP contribution is -2.40. The standard InChI is InChI=1S/C8H20NOP/c1-7(2,9-11-5)6-8(3,4)10/h9-11H,6H2,1-5H3. The molecule has 68 valence electrons. The number of rotatable bonds is 4. The Morgan fingerprint density at radius 2 is 1.73 bits per heavy atom. The average molecular weight is 177 g/mol. The summed E-state index contributed by atoms with van der Waals surface area (Å²) in [5.74, 6) is 0. The lowest BCUT2D eigenvalue weighted by molar-refractivity contribution is 0.0491. The van der Waals surface area contributed by atoms with Crippen LogP contribution in [-0.4, -0.2) is 22.9 Å². The van der Waals surface area contributed by atoms with Gasteiger partial charge in [-0.2, -0.15) is 0 Å². The summed E-state index contributed by atoms with van der Waals surface area (Å²) >= 11 is 0. The van der Waals surface area contributed by atoms with Crippen molar-refractivity contribution in [1.29, 1.82) is 0 Å². The molecule has 1 atom stereocenters. The Bertz CT molecular complexity index is 118. The largest absolute Gasteiger partial charge is 0.390 e. The van der Waals surface area contributed by atoms with Crippen molar-refractivity contribution >= 4 is 8.73 Å². The van der Waals surface area contributed by atoms with Gasteiger partial charge in [0.05, 0.1) is 5.60 Å². The first-order valence-electron chi connectivity index (χ1n) is 3.93. The van der Waals surface area contributed by atoms with Crippen LogP contribution in [0.25, 0.3) is 0 Å². The van der Waals surface area contributed by atoms with Crippen molar-refractivity contribution in [2.24, 2.45) is 0 Å². The van der Waals surface area contributed by atoms with E-state index in [4.69, 9.17) is 0 Å². The molecule has 0 amide bonds. The molecule has 11 heavy (non-hydrogen) atoms. The highest BCUT2D eigenvalue weighted by atomic mass is 31.1. The van der Waals surface area contributed by atoms with Crippen molar-refractivity contribution < 1.29 is 5.11 Å². The predicted molar refractivity (Wildman–Crippen MR) is 52.4 cm³/mol. The molecule has 0 aromatic rings. The second-order valence-corrected chi connectivity index (χ2v) is 5.00. The van der Waals surface area contributed by atoms with Gasteiger partial charge in [0.15, 0.2) is 0 Å². The van der Waals surface area contributed by atoms with Gasteiger partial charge in [0.25, 0.3) is 0 Å². The van der Waals surface area contributed by atoms with Gasteiger partial charge in [0.2, 0.25) is 0 Å². The molecule has 2 N–H and O–H groups in total. The van der Waals surface area contributed by atoms with Gasteiger partial charge in [-0.25, -0.2) is 0 Å². The Kier molecular flexibility index (Phi) is 3.96. The lowest BCUT2D eigenvalue weighted by Gasteiger charge is -2.31. The maximum Gasteiger partial charge on any atom is 0.0609 e. The van der Waals surface area contributed by atoms with Crippen LogP contribution in [0.3, 0.4) is 0 Å². The number of hydrogen-bond acceptors (Lipinski definition) is 2. The molecule has 0 aromatic heterocycles. The minimum Gasteiger partial charge on any atom is -0.390 e. The third-order valence-electron chi connectivity index (χ3n) is 1.34. The molecular weight excluding hydrogens is 157 g/mol. The molecule has 0 aromatic carbocycles. The summed E-state index contributed by atoms with van der Waals surface area (Å²) in [6.07, 6.45) is 0.779. The molecule has 0 fully saturated rings. The predicted octanol–water partition coefficient (Wildman–Crippen LogP) is 1.74. The number of hydrogen-bond donors (Lipinski definition) is 2. The van der Waals surface area contributed by atoms with E-state index in [-0.39, 0.29) is 5.54 Å². The highest BCUT2D eigenvalue weighted by Gasteiger charge is 2.25. The van der Waals surface area contributed by atoms with Gasteiger partial charge in [0, 0.05) is 5.54 Å². The van der Waals surface area contributed by atoms with Crippen molar-refractivity contribution in [1.82, 2.24) is 5.09 Å². The molecule has 0 heterocycles. The molecule has 0 aliphatic heterocycles. The molecule has 1 unspecified atom stereocenters. The van der Waals surface area contributed by atoms with Crippen LogP contribution >= 0.6 is 8.73 Å². The molecule has 0 saturated carbocycles. The molecule has 0 bridgehead atoms. The quantitative estimate of drug-likeness (QED) is 0.641. The highest BCUT2D eigenvalue weighted by molar-refractivity contribution is 7.34. The van der Waals surface area contributed by atoms with E-state index < -0.39 is 5.60 Å². The van der Waals surface area contributed by atoms with E-state index in [0.717, 1.165) is 15.2 Å². The molecule has 0 aliphatic carbocycles. The molecule has 3 heteroatoms. The average Bonchev–Trinajstić information content (AvgIpc) is 1.55. The summed E-state index contributed by atoms with van der Waals surface area (Å²) < 4.78 is 0. The fourth-order valence-electron chi connectivity index (χ4n) is 1.46. The third kappa shape index (κ3) is 6.74. The van der Waals surface area contributed by atoms with Crippen molar-refractivity contribution in [3.05, 3.63) is 0 Å². The summed E-state index contributed by atoms with van der Waals surface area (Å²) in [7, 11) is 0.734. The molecular formula is C8H20NOP. The third-order valence-corrected chi connectivity index (χ3v) is 2.26. The number of nitrogens with one attached hydrogen (secondary N) is 1. The van der Waals surface area contributed by atoms with Crippen LogP contribution in [0.2, 0.25) is 0 Å². The molecule has 0 saturated heterocycles. The SMILES string of the molecule is CPNC(C)(C)CC(C)(C)O. The summed E-state index contributed by atoms with van der Waals surface area (Å²) in [6.45, 7) is 10.0. The first kappa shape index (κ1) is 11.4. The fraction of sp³-hybridized carbons (Fsp3) is 1.00. The Morgan fingerprint density at radius 1 is 1.27 bits per heavy atom. The van der Waals surface area contributed by atoms with E-state index in [1.165, 1.54) is 0 Å². The molecule has 2 nitrogen and oxygen atoms in total. The second kappa shape index (κ2) is 3.84. The summed E-state index contributed by atoms with van der Waals surface area (Å²) in [4.78, 5) is 0. The van der Waals surface area contributed by atoms with E-state index in [0.29, 0.717) is 0 Å². The van der Waals surface area contributed by atoms with E-state index in [2.05, 4.69) is 25.6 Å². The Hall–Kier alpha value is 0.350. The van der Waals surface area contributed by atoms with Crippen LogP contribution in [0.15, 0.2) is 0 Å². The zero-order valence-corrected chi connectivity index (χ0v) is 9.15. The molecule has 0 radical (unpaired) electrons. The molecule has 0 rings (SSSR count). The Labute approximate surface area is 71.6 Å². The van der Waals surface area contributed by atoms with E-state index in [1.54, 1.807) is 0 Å². The fourth-order valence-corrected chi connectivity index (χ4v) is 2.23. The maximum atomic E-state index is 9.54. The maximum absolute atomic E-state index is 9.54. The van der Waals surface area contributed by atoms with E-state index in [9.17, 15) is 5.11 Å². The Balaban J connectivity index is 3.91. The highest BCUT2D eigenvalue weighted by Crippen LogP contribution is 2.21. The van der Waals surface area contributed by atoms with Crippen LogP contribution in [0, 0.1) is 0 Å². The zero-order valence-electron chi connectivity index (χ0n) is 8.15. The van der Waals surface area contributed by atoms with Gasteiger partial charge >= 0.3 is 0 Å². The van der Waals surface area contributed by atoms with Crippen molar-refractivity contribution in [2.45, 2.75) is 45.3 Å². The summed E-state index contributed by atoms with van der Waals surface area (Å²) in [6, 6.07) is 0. The monoisotopic (exact) mass is 177 g/mol. The minimum atomic E-state index is -0.573. The second-order valence-electron chi connectivity index (χ2n) is 4.25. The minimum absolute atomic E-state index is 0.0471. The van der Waals surface area contributed by atoms with Gasteiger partial charge in [-0.15, -0.1) is 0 Å². The van der Waals surface area contributed by atoms with E-state index in [1.807, 2.05) is 13.8 Å². The summed E-state index contributed by atoms with van der Waals surface area (Å²) in [5.41, 5.74) is -0.526. The topological polar surface area (TPSA) is 32.3 Å². The van der Waals surface area contributed by atoms with Gasteiger partial charge < -0.3 is 5.11 Å². The molecule has 0 spiro atoms. The van der Waals surface area contributed by atoms with Crippen LogP contribution in [-0.2, 0) is 0 Å². The van der Waals surface area contributed by atoms with Crippen molar-refractivity contribution in [2.75, 3.05) is 6.66 Å². The first-order chi connectivity index (χ1) is 4.77. The first-order valence-corrected chi connectivity index (χ1v) is 5.43. The van der Waals surface area contributed by atoms with E-state index >= 15 is 0 Å². The van der Waals surface area contributed by atoms with Gasteiger partial charge in [-0.1, -0.05) is 8.73 Å². The van der Waals surface area contributed by atoms with Gasteiger partial charge in [-0.3, -0.25) is 5.09 Å². The van der Waals surface area contributed by atoms with Gasteiger partial charge in [-0.05, 0) is 40.8 Å². The van der Waals surface area contributed by atoms with Crippen molar-refractivity contribution in [3.63, 3.8) is 0 Å². The number of aliphatic hydroxyl groups is 1. The van der Waals surface area contributed by atoms with Crippen molar-refractivity contribution in [3.8, 4) is 0 Å². The van der Waals surface area contributed by atoms with Crippen LogP contribution in [0.4, 0.5) is 0 Å².